The van der Waals surface area contributed by atoms with E-state index in [2.05, 4.69) is 22.6 Å². The van der Waals surface area contributed by atoms with Gasteiger partial charge in [0.25, 0.3) is 0 Å². The van der Waals surface area contributed by atoms with E-state index < -0.39 is 0 Å². The third kappa shape index (κ3) is 1.25. The first-order valence-electron chi connectivity index (χ1n) is 5.22. The summed E-state index contributed by atoms with van der Waals surface area (Å²) in [5.41, 5.74) is 0.331. The van der Waals surface area contributed by atoms with Gasteiger partial charge < -0.3 is 0 Å². The predicted octanol–water partition coefficient (Wildman–Crippen LogP) is 2.14. The molecule has 1 aliphatic heterocycles. The second-order valence-corrected chi connectivity index (χ2v) is 5.88. The smallest absolute Gasteiger partial charge is 0.241 e. The summed E-state index contributed by atoms with van der Waals surface area (Å²) in [6, 6.07) is 9.17. The maximum atomic E-state index is 12.2. The van der Waals surface area contributed by atoms with Gasteiger partial charge in [0.15, 0.2) is 0 Å². The second kappa shape index (κ2) is 3.29. The standard InChI is InChI=1S/C12H10INO2/c13-9-6-12(9)7-10(15)14(11(12)16)8-4-2-1-3-5-8/h1-5,9H,6-7H2. The van der Waals surface area contributed by atoms with Crippen molar-refractivity contribution in [3.05, 3.63) is 30.3 Å². The number of carbonyl (C=O) groups is 2. The molecule has 2 atom stereocenters. The second-order valence-electron chi connectivity index (χ2n) is 4.37. The number of carbonyl (C=O) groups excluding carboxylic acids is 2. The van der Waals surface area contributed by atoms with Crippen LogP contribution in [0.25, 0.3) is 0 Å². The van der Waals surface area contributed by atoms with Crippen LogP contribution in [0.4, 0.5) is 5.69 Å². The average molecular weight is 327 g/mol. The van der Waals surface area contributed by atoms with Gasteiger partial charge in [-0.25, -0.2) is 0 Å². The van der Waals surface area contributed by atoms with Gasteiger partial charge in [-0.3, -0.25) is 14.5 Å². The quantitative estimate of drug-likeness (QED) is 0.450. The van der Waals surface area contributed by atoms with Gasteiger partial charge >= 0.3 is 0 Å². The minimum Gasteiger partial charge on any atom is -0.274 e. The Bertz CT molecular complexity index is 473. The molecule has 2 aliphatic rings. The van der Waals surface area contributed by atoms with Crippen molar-refractivity contribution in [2.24, 2.45) is 5.41 Å². The van der Waals surface area contributed by atoms with Crippen LogP contribution >= 0.6 is 22.6 Å². The maximum Gasteiger partial charge on any atom is 0.241 e. The molecule has 2 fully saturated rings. The summed E-state index contributed by atoms with van der Waals surface area (Å²) in [6.45, 7) is 0. The van der Waals surface area contributed by atoms with Crippen molar-refractivity contribution in [3.63, 3.8) is 0 Å². The Balaban J connectivity index is 1.99. The highest BCUT2D eigenvalue weighted by atomic mass is 127. The minimum absolute atomic E-state index is 0.0110. The predicted molar refractivity (Wildman–Crippen MR) is 68.4 cm³/mol. The first-order chi connectivity index (χ1) is 7.65. The number of imide groups is 1. The Morgan fingerprint density at radius 1 is 1.25 bits per heavy atom. The molecule has 16 heavy (non-hydrogen) atoms. The van der Waals surface area contributed by atoms with Gasteiger partial charge in [-0.1, -0.05) is 40.8 Å². The molecule has 1 aromatic rings. The molecule has 4 heteroatoms. The summed E-state index contributed by atoms with van der Waals surface area (Å²) in [5, 5.41) is 0. The van der Waals surface area contributed by atoms with E-state index in [0.29, 0.717) is 16.0 Å². The number of alkyl halides is 1. The topological polar surface area (TPSA) is 37.4 Å². The van der Waals surface area contributed by atoms with E-state index in [1.54, 1.807) is 12.1 Å². The Morgan fingerprint density at radius 3 is 2.38 bits per heavy atom. The van der Waals surface area contributed by atoms with Crippen LogP contribution in [-0.4, -0.2) is 15.7 Å². The monoisotopic (exact) mass is 327 g/mol. The van der Waals surface area contributed by atoms with Crippen molar-refractivity contribution in [2.75, 3.05) is 4.90 Å². The fourth-order valence-corrected chi connectivity index (χ4v) is 3.54. The number of para-hydroxylation sites is 1. The largest absolute Gasteiger partial charge is 0.274 e. The van der Waals surface area contributed by atoms with E-state index >= 15 is 0 Å². The summed E-state index contributed by atoms with van der Waals surface area (Å²) in [6.07, 6.45) is 1.23. The first kappa shape index (κ1) is 10.3. The van der Waals surface area contributed by atoms with Crippen LogP contribution in [0.1, 0.15) is 12.8 Å². The highest BCUT2D eigenvalue weighted by molar-refractivity contribution is 14.1. The van der Waals surface area contributed by atoms with Crippen LogP contribution in [0.15, 0.2) is 30.3 Å². The maximum absolute atomic E-state index is 12.2. The van der Waals surface area contributed by atoms with Gasteiger partial charge in [0.1, 0.15) is 0 Å². The third-order valence-corrected chi connectivity index (χ3v) is 4.98. The number of halogens is 1. The van der Waals surface area contributed by atoms with Gasteiger partial charge in [-0.05, 0) is 18.6 Å². The van der Waals surface area contributed by atoms with E-state index in [4.69, 9.17) is 0 Å². The number of benzene rings is 1. The van der Waals surface area contributed by atoms with Crippen LogP contribution in [0, 0.1) is 5.41 Å². The summed E-state index contributed by atoms with van der Waals surface area (Å²) in [4.78, 5) is 25.4. The molecule has 82 valence electrons. The van der Waals surface area contributed by atoms with Crippen LogP contribution in [0.5, 0.6) is 0 Å². The zero-order valence-electron chi connectivity index (χ0n) is 8.52. The van der Waals surface area contributed by atoms with Crippen molar-refractivity contribution >= 4 is 40.1 Å². The molecule has 2 unspecified atom stereocenters. The summed E-state index contributed by atoms with van der Waals surface area (Å²) < 4.78 is 0.329. The normalized spacial score (nSPS) is 32.6. The molecule has 3 nitrogen and oxygen atoms in total. The lowest BCUT2D eigenvalue weighted by atomic mass is 10.1. The molecule has 1 aliphatic carbocycles. The number of amides is 2. The van der Waals surface area contributed by atoms with Crippen LogP contribution in [-0.2, 0) is 9.59 Å². The van der Waals surface area contributed by atoms with E-state index in [9.17, 15) is 9.59 Å². The molecule has 1 saturated heterocycles. The molecule has 0 aromatic heterocycles. The molecular formula is C12H10INO2. The van der Waals surface area contributed by atoms with Gasteiger partial charge in [0.2, 0.25) is 11.8 Å². The zero-order valence-corrected chi connectivity index (χ0v) is 10.7. The number of anilines is 1. The summed E-state index contributed by atoms with van der Waals surface area (Å²) in [7, 11) is 0. The van der Waals surface area contributed by atoms with Gasteiger partial charge in [-0.15, -0.1) is 0 Å². The molecule has 3 rings (SSSR count). The van der Waals surface area contributed by atoms with Crippen molar-refractivity contribution in [1.82, 2.24) is 0 Å². The van der Waals surface area contributed by atoms with Gasteiger partial charge in [0.05, 0.1) is 11.1 Å². The molecule has 2 amide bonds. The molecule has 0 bridgehead atoms. The number of rotatable bonds is 1. The molecule has 1 spiro atoms. The van der Waals surface area contributed by atoms with Crippen LogP contribution in [0.3, 0.4) is 0 Å². The summed E-state index contributed by atoms with van der Waals surface area (Å²) >= 11 is 2.26. The zero-order chi connectivity index (χ0) is 11.3. The molecular weight excluding hydrogens is 317 g/mol. The number of hydrogen-bond donors (Lipinski definition) is 0. The lowest BCUT2D eigenvalue weighted by Crippen LogP contribution is -2.31. The molecule has 1 aromatic carbocycles. The lowest BCUT2D eigenvalue weighted by Gasteiger charge is -2.14. The number of hydrogen-bond acceptors (Lipinski definition) is 2. The number of nitrogens with zero attached hydrogens (tertiary/aromatic N) is 1. The van der Waals surface area contributed by atoms with Crippen molar-refractivity contribution < 1.29 is 9.59 Å². The Morgan fingerprint density at radius 2 is 1.88 bits per heavy atom. The highest BCUT2D eigenvalue weighted by Crippen LogP contribution is 2.59. The van der Waals surface area contributed by atoms with Crippen molar-refractivity contribution in [2.45, 2.75) is 16.8 Å². The van der Waals surface area contributed by atoms with Gasteiger partial charge in [-0.2, -0.15) is 0 Å². The van der Waals surface area contributed by atoms with Gasteiger partial charge in [0, 0.05) is 10.3 Å². The van der Waals surface area contributed by atoms with E-state index in [1.165, 1.54) is 4.90 Å². The fourth-order valence-electron chi connectivity index (χ4n) is 2.26. The lowest BCUT2D eigenvalue weighted by molar-refractivity contribution is -0.122. The van der Waals surface area contributed by atoms with Crippen molar-refractivity contribution in [1.29, 1.82) is 0 Å². The molecule has 0 radical (unpaired) electrons. The van der Waals surface area contributed by atoms with Crippen LogP contribution in [0.2, 0.25) is 0 Å². The first-order valence-corrected chi connectivity index (χ1v) is 6.46. The van der Waals surface area contributed by atoms with E-state index in [-0.39, 0.29) is 17.2 Å². The third-order valence-electron chi connectivity index (χ3n) is 3.34. The highest BCUT2D eigenvalue weighted by Gasteiger charge is 2.66. The molecule has 1 heterocycles. The SMILES string of the molecule is O=C1CC2(CC2I)C(=O)N1c1ccccc1. The van der Waals surface area contributed by atoms with E-state index in [1.807, 2.05) is 18.2 Å². The molecule has 1 saturated carbocycles. The van der Waals surface area contributed by atoms with E-state index in [0.717, 1.165) is 6.42 Å². The summed E-state index contributed by atoms with van der Waals surface area (Å²) in [5.74, 6) is -0.0709. The van der Waals surface area contributed by atoms with Crippen molar-refractivity contribution in [3.8, 4) is 0 Å². The Labute approximate surface area is 107 Å². The Kier molecular flexibility index (Phi) is 2.11. The average Bonchev–Trinajstić information content (AvgIpc) is 2.84. The minimum atomic E-state index is -0.368. The Hall–Kier alpha value is -0.910. The fraction of sp³-hybridized carbons (Fsp3) is 0.333. The van der Waals surface area contributed by atoms with Crippen LogP contribution < -0.4 is 4.90 Å². The molecule has 0 N–H and O–H groups in total.